The number of nitro groups is 1. The zero-order valence-electron chi connectivity index (χ0n) is 12.0. The minimum absolute atomic E-state index is 0.128. The Kier molecular flexibility index (Phi) is 4.93. The number of guanidine groups is 1. The number of aliphatic imine (C=N–C) groups is 1. The van der Waals surface area contributed by atoms with E-state index in [1.165, 1.54) is 18.2 Å². The van der Waals surface area contributed by atoms with Gasteiger partial charge in [0.15, 0.2) is 5.96 Å². The Labute approximate surface area is 128 Å². The van der Waals surface area contributed by atoms with E-state index in [-0.39, 0.29) is 17.1 Å². The molecule has 0 spiro atoms. The summed E-state index contributed by atoms with van der Waals surface area (Å²) in [7, 11) is -1.88. The van der Waals surface area contributed by atoms with Crippen molar-refractivity contribution in [3.63, 3.8) is 0 Å². The Bertz CT molecular complexity index is 689. The van der Waals surface area contributed by atoms with E-state index < -0.39 is 14.9 Å². The standard InChI is InChI=1S/C12H17N5O4S/c1-16-8-7-14-12(16)13-5-6-15-22(20,21)11-4-2-3-10(9-11)17(18)19/h2-4,9,15H,5-8H2,1H3,(H,13,14). The fraction of sp³-hybridized carbons (Fsp3) is 0.417. The van der Waals surface area contributed by atoms with Crippen LogP contribution in [0.1, 0.15) is 0 Å². The molecule has 1 aromatic carbocycles. The molecular formula is C12H17N5O4S. The maximum atomic E-state index is 12.1. The molecule has 1 heterocycles. The Morgan fingerprint density at radius 2 is 2.18 bits per heavy atom. The van der Waals surface area contributed by atoms with Gasteiger partial charge < -0.3 is 10.2 Å². The Hall–Kier alpha value is -2.20. The topological polar surface area (TPSA) is 117 Å². The molecule has 120 valence electrons. The second kappa shape index (κ2) is 6.71. The summed E-state index contributed by atoms with van der Waals surface area (Å²) in [6, 6.07) is 4.93. The molecule has 1 aliphatic rings. The molecule has 0 bridgehead atoms. The number of nitro benzene ring substituents is 1. The lowest BCUT2D eigenvalue weighted by atomic mass is 10.3. The highest BCUT2D eigenvalue weighted by molar-refractivity contribution is 7.89. The van der Waals surface area contributed by atoms with Gasteiger partial charge in [-0.05, 0) is 6.07 Å². The normalized spacial score (nSPS) is 14.8. The molecule has 0 aliphatic carbocycles. The van der Waals surface area contributed by atoms with Gasteiger partial charge in [-0.1, -0.05) is 6.07 Å². The van der Waals surface area contributed by atoms with Gasteiger partial charge in [0.1, 0.15) is 0 Å². The third-order valence-corrected chi connectivity index (χ3v) is 4.56. The molecule has 0 radical (unpaired) electrons. The molecule has 1 aliphatic heterocycles. The van der Waals surface area contributed by atoms with Crippen molar-refractivity contribution in [2.75, 3.05) is 33.2 Å². The van der Waals surface area contributed by atoms with Crippen molar-refractivity contribution >= 4 is 21.7 Å². The molecule has 9 nitrogen and oxygen atoms in total. The van der Waals surface area contributed by atoms with Crippen molar-refractivity contribution in [1.82, 2.24) is 14.9 Å². The van der Waals surface area contributed by atoms with Gasteiger partial charge >= 0.3 is 0 Å². The molecule has 0 amide bonds. The number of benzene rings is 1. The van der Waals surface area contributed by atoms with Crippen LogP contribution >= 0.6 is 0 Å². The Morgan fingerprint density at radius 3 is 2.82 bits per heavy atom. The smallest absolute Gasteiger partial charge is 0.270 e. The fourth-order valence-corrected chi connectivity index (χ4v) is 3.00. The Balaban J connectivity index is 1.91. The number of likely N-dealkylation sites (N-methyl/N-ethyl adjacent to an activating group) is 1. The van der Waals surface area contributed by atoms with E-state index >= 15 is 0 Å². The molecule has 0 aromatic heterocycles. The lowest BCUT2D eigenvalue weighted by Crippen LogP contribution is -2.40. The van der Waals surface area contributed by atoms with E-state index in [1.807, 2.05) is 11.9 Å². The van der Waals surface area contributed by atoms with Crippen LogP contribution in [-0.2, 0) is 10.0 Å². The number of hydrogen-bond donors (Lipinski definition) is 2. The van der Waals surface area contributed by atoms with E-state index in [9.17, 15) is 18.5 Å². The van der Waals surface area contributed by atoms with E-state index in [0.29, 0.717) is 6.54 Å². The average molecular weight is 327 g/mol. The van der Waals surface area contributed by atoms with E-state index in [2.05, 4.69) is 15.0 Å². The van der Waals surface area contributed by atoms with Gasteiger partial charge in [-0.25, -0.2) is 13.1 Å². The summed E-state index contributed by atoms with van der Waals surface area (Å²) in [6.07, 6.45) is 0. The van der Waals surface area contributed by atoms with E-state index in [0.717, 1.165) is 25.1 Å². The SMILES string of the molecule is CN1CCN=C1NCCNS(=O)(=O)c1cccc([N+](=O)[O-])c1. The monoisotopic (exact) mass is 327 g/mol. The molecule has 0 saturated carbocycles. The first-order valence-corrected chi connectivity index (χ1v) is 8.12. The van der Waals surface area contributed by atoms with Crippen LogP contribution < -0.4 is 10.0 Å². The van der Waals surface area contributed by atoms with Crippen LogP contribution in [0.2, 0.25) is 0 Å². The number of sulfonamides is 1. The van der Waals surface area contributed by atoms with E-state index in [4.69, 9.17) is 0 Å². The third kappa shape index (κ3) is 3.92. The lowest BCUT2D eigenvalue weighted by Gasteiger charge is -2.15. The van der Waals surface area contributed by atoms with Crippen LogP contribution in [0.4, 0.5) is 5.69 Å². The average Bonchev–Trinajstić information content (AvgIpc) is 2.89. The number of nitrogens with one attached hydrogen (secondary N) is 2. The summed E-state index contributed by atoms with van der Waals surface area (Å²) >= 11 is 0. The van der Waals surface area contributed by atoms with Crippen LogP contribution in [0.3, 0.4) is 0 Å². The van der Waals surface area contributed by atoms with Crippen molar-refractivity contribution in [3.8, 4) is 0 Å². The molecule has 0 atom stereocenters. The summed E-state index contributed by atoms with van der Waals surface area (Å²) in [5.74, 6) is 0.731. The van der Waals surface area contributed by atoms with Gasteiger partial charge in [-0.2, -0.15) is 0 Å². The van der Waals surface area contributed by atoms with Gasteiger partial charge in [0.25, 0.3) is 5.69 Å². The first-order chi connectivity index (χ1) is 10.4. The molecule has 10 heteroatoms. The van der Waals surface area contributed by atoms with Crippen molar-refractivity contribution < 1.29 is 13.3 Å². The largest absolute Gasteiger partial charge is 0.355 e. The second-order valence-corrected chi connectivity index (χ2v) is 6.47. The first-order valence-electron chi connectivity index (χ1n) is 6.64. The van der Waals surface area contributed by atoms with Crippen LogP contribution in [0, 0.1) is 10.1 Å². The van der Waals surface area contributed by atoms with Gasteiger partial charge in [-0.3, -0.25) is 15.1 Å². The van der Waals surface area contributed by atoms with Gasteiger partial charge in [0, 0.05) is 38.8 Å². The minimum atomic E-state index is -3.77. The minimum Gasteiger partial charge on any atom is -0.355 e. The highest BCUT2D eigenvalue weighted by Gasteiger charge is 2.17. The molecule has 1 aromatic rings. The van der Waals surface area contributed by atoms with Crippen molar-refractivity contribution in [3.05, 3.63) is 34.4 Å². The zero-order chi connectivity index (χ0) is 16.2. The zero-order valence-corrected chi connectivity index (χ0v) is 12.8. The molecule has 0 saturated heterocycles. The van der Waals surface area contributed by atoms with Crippen molar-refractivity contribution in [2.45, 2.75) is 4.90 Å². The second-order valence-electron chi connectivity index (χ2n) is 4.71. The van der Waals surface area contributed by atoms with Crippen LogP contribution in [0.15, 0.2) is 34.2 Å². The quantitative estimate of drug-likeness (QED) is 0.423. The predicted molar refractivity (Wildman–Crippen MR) is 81.2 cm³/mol. The molecule has 2 rings (SSSR count). The molecule has 22 heavy (non-hydrogen) atoms. The van der Waals surface area contributed by atoms with Crippen molar-refractivity contribution in [1.29, 1.82) is 0 Å². The van der Waals surface area contributed by atoms with Gasteiger partial charge in [-0.15, -0.1) is 0 Å². The molecule has 0 unspecified atom stereocenters. The molecule has 2 N–H and O–H groups in total. The van der Waals surface area contributed by atoms with Crippen LogP contribution in [0.25, 0.3) is 0 Å². The highest BCUT2D eigenvalue weighted by Crippen LogP contribution is 2.16. The molecular weight excluding hydrogens is 310 g/mol. The lowest BCUT2D eigenvalue weighted by molar-refractivity contribution is -0.385. The summed E-state index contributed by atoms with van der Waals surface area (Å²) in [5.41, 5.74) is -0.261. The summed E-state index contributed by atoms with van der Waals surface area (Å²) in [5, 5.41) is 13.7. The van der Waals surface area contributed by atoms with E-state index in [1.54, 1.807) is 0 Å². The van der Waals surface area contributed by atoms with Gasteiger partial charge in [0.2, 0.25) is 10.0 Å². The molecule has 0 fully saturated rings. The summed E-state index contributed by atoms with van der Waals surface area (Å²) in [4.78, 5) is 16.1. The first kappa shape index (κ1) is 16.2. The number of hydrogen-bond acceptors (Lipinski definition) is 7. The number of rotatable bonds is 6. The predicted octanol–water partition coefficient (Wildman–Crippen LogP) is -0.236. The van der Waals surface area contributed by atoms with Crippen LogP contribution in [0.5, 0.6) is 0 Å². The number of non-ortho nitro benzene ring substituents is 1. The maximum Gasteiger partial charge on any atom is 0.270 e. The summed E-state index contributed by atoms with van der Waals surface area (Å²) in [6.45, 7) is 2.08. The van der Waals surface area contributed by atoms with Crippen molar-refractivity contribution in [2.24, 2.45) is 4.99 Å². The van der Waals surface area contributed by atoms with Crippen LogP contribution in [-0.4, -0.2) is 57.4 Å². The Morgan fingerprint density at radius 1 is 1.41 bits per heavy atom. The third-order valence-electron chi connectivity index (χ3n) is 3.10. The fourth-order valence-electron chi connectivity index (χ4n) is 1.93. The highest BCUT2D eigenvalue weighted by atomic mass is 32.2. The van der Waals surface area contributed by atoms with Gasteiger partial charge in [0.05, 0.1) is 16.4 Å². The summed E-state index contributed by atoms with van der Waals surface area (Å²) < 4.78 is 26.5. The number of nitrogens with zero attached hydrogens (tertiary/aromatic N) is 3. The maximum absolute atomic E-state index is 12.1.